The van der Waals surface area contributed by atoms with Crippen LogP contribution in [-0.4, -0.2) is 85.8 Å². The highest BCUT2D eigenvalue weighted by molar-refractivity contribution is 4.80. The SMILES string of the molecule is CC(C)C[C@H](C)CN1CCN(C[C@@H]2CN(C(C)C)CCO2)CC1. The fourth-order valence-electron chi connectivity index (χ4n) is 4.08. The van der Waals surface area contributed by atoms with Gasteiger partial charge in [-0.1, -0.05) is 20.8 Å². The summed E-state index contributed by atoms with van der Waals surface area (Å²) >= 11 is 0. The molecule has 0 radical (unpaired) electrons. The summed E-state index contributed by atoms with van der Waals surface area (Å²) in [5.41, 5.74) is 0. The Kier molecular flexibility index (Phi) is 7.80. The Morgan fingerprint density at radius 3 is 2.17 bits per heavy atom. The molecule has 2 fully saturated rings. The molecule has 4 heteroatoms. The molecule has 136 valence electrons. The zero-order chi connectivity index (χ0) is 16.8. The molecule has 0 aromatic rings. The summed E-state index contributed by atoms with van der Waals surface area (Å²) in [5, 5.41) is 0. The molecule has 0 spiro atoms. The fourth-order valence-corrected chi connectivity index (χ4v) is 4.08. The van der Waals surface area contributed by atoms with Crippen LogP contribution in [0.3, 0.4) is 0 Å². The summed E-state index contributed by atoms with van der Waals surface area (Å²) < 4.78 is 6.00. The van der Waals surface area contributed by atoms with Gasteiger partial charge in [0.25, 0.3) is 0 Å². The standard InChI is InChI=1S/C19H39N3O/c1-16(2)12-18(5)13-20-6-8-21(9-7-20)14-19-15-22(17(3)4)10-11-23-19/h16-19H,6-15H2,1-5H3/t18-,19+/m0/s1. The highest BCUT2D eigenvalue weighted by atomic mass is 16.5. The molecule has 23 heavy (non-hydrogen) atoms. The number of rotatable bonds is 7. The predicted molar refractivity (Wildman–Crippen MR) is 97.9 cm³/mol. The molecule has 0 N–H and O–H groups in total. The van der Waals surface area contributed by atoms with Gasteiger partial charge in [0, 0.05) is 58.4 Å². The molecule has 2 heterocycles. The van der Waals surface area contributed by atoms with Gasteiger partial charge in [-0.3, -0.25) is 9.80 Å². The molecule has 0 amide bonds. The lowest BCUT2D eigenvalue weighted by Crippen LogP contribution is -2.53. The van der Waals surface area contributed by atoms with E-state index in [0.717, 1.165) is 38.1 Å². The average molecular weight is 326 g/mol. The highest BCUT2D eigenvalue weighted by Gasteiger charge is 2.26. The van der Waals surface area contributed by atoms with E-state index in [0.29, 0.717) is 12.1 Å². The summed E-state index contributed by atoms with van der Waals surface area (Å²) in [4.78, 5) is 7.82. The van der Waals surface area contributed by atoms with Crippen LogP contribution in [0.5, 0.6) is 0 Å². The van der Waals surface area contributed by atoms with Crippen molar-refractivity contribution in [2.75, 3.05) is 59.0 Å². The summed E-state index contributed by atoms with van der Waals surface area (Å²) in [6.45, 7) is 22.0. The molecule has 0 aliphatic carbocycles. The van der Waals surface area contributed by atoms with Crippen LogP contribution >= 0.6 is 0 Å². The van der Waals surface area contributed by atoms with Crippen molar-refractivity contribution < 1.29 is 4.74 Å². The van der Waals surface area contributed by atoms with Gasteiger partial charge in [0.2, 0.25) is 0 Å². The van der Waals surface area contributed by atoms with Gasteiger partial charge in [-0.2, -0.15) is 0 Å². The van der Waals surface area contributed by atoms with Crippen LogP contribution in [0.4, 0.5) is 0 Å². The lowest BCUT2D eigenvalue weighted by atomic mass is 9.98. The maximum absolute atomic E-state index is 6.00. The monoisotopic (exact) mass is 325 g/mol. The Morgan fingerprint density at radius 1 is 0.913 bits per heavy atom. The summed E-state index contributed by atoms with van der Waals surface area (Å²) in [6.07, 6.45) is 1.75. The van der Waals surface area contributed by atoms with Crippen molar-refractivity contribution in [3.63, 3.8) is 0 Å². The number of ether oxygens (including phenoxy) is 1. The Balaban J connectivity index is 1.66. The van der Waals surface area contributed by atoms with Crippen LogP contribution in [-0.2, 0) is 4.74 Å². The smallest absolute Gasteiger partial charge is 0.0829 e. The maximum atomic E-state index is 6.00. The lowest BCUT2D eigenvalue weighted by molar-refractivity contribution is -0.0566. The molecular weight excluding hydrogens is 286 g/mol. The third-order valence-electron chi connectivity index (χ3n) is 5.27. The first kappa shape index (κ1) is 19.2. The molecule has 0 bridgehead atoms. The van der Waals surface area contributed by atoms with Crippen molar-refractivity contribution in [2.24, 2.45) is 11.8 Å². The van der Waals surface area contributed by atoms with Gasteiger partial charge in [-0.25, -0.2) is 0 Å². The molecule has 0 unspecified atom stereocenters. The van der Waals surface area contributed by atoms with Gasteiger partial charge in [0.15, 0.2) is 0 Å². The van der Waals surface area contributed by atoms with E-state index in [4.69, 9.17) is 4.74 Å². The number of hydrogen-bond acceptors (Lipinski definition) is 4. The van der Waals surface area contributed by atoms with Gasteiger partial charge < -0.3 is 9.64 Å². The Labute approximate surface area is 144 Å². The molecule has 2 aliphatic rings. The second-order valence-corrected chi connectivity index (χ2v) is 8.42. The minimum Gasteiger partial charge on any atom is -0.374 e. The largest absolute Gasteiger partial charge is 0.374 e. The Morgan fingerprint density at radius 2 is 1.57 bits per heavy atom. The van der Waals surface area contributed by atoms with E-state index in [9.17, 15) is 0 Å². The van der Waals surface area contributed by atoms with Crippen molar-refractivity contribution in [3.8, 4) is 0 Å². The van der Waals surface area contributed by atoms with E-state index in [1.165, 1.54) is 39.1 Å². The molecule has 0 aromatic carbocycles. The number of piperazine rings is 1. The van der Waals surface area contributed by atoms with E-state index in [1.807, 2.05) is 0 Å². The van der Waals surface area contributed by atoms with Crippen molar-refractivity contribution in [2.45, 2.75) is 53.2 Å². The quantitative estimate of drug-likeness (QED) is 0.715. The molecule has 0 saturated carbocycles. The number of morpholine rings is 1. The van der Waals surface area contributed by atoms with Gasteiger partial charge >= 0.3 is 0 Å². The van der Waals surface area contributed by atoms with Gasteiger partial charge in [0.05, 0.1) is 12.7 Å². The average Bonchev–Trinajstić information content (AvgIpc) is 2.48. The molecule has 2 rings (SSSR count). The third kappa shape index (κ3) is 6.69. The Hall–Kier alpha value is -0.160. The fraction of sp³-hybridized carbons (Fsp3) is 1.00. The molecule has 4 nitrogen and oxygen atoms in total. The van der Waals surface area contributed by atoms with E-state index in [1.54, 1.807) is 0 Å². The lowest BCUT2D eigenvalue weighted by Gasteiger charge is -2.40. The Bertz CT molecular complexity index is 327. The molecular formula is C19H39N3O. The zero-order valence-corrected chi connectivity index (χ0v) is 16.1. The van der Waals surface area contributed by atoms with E-state index < -0.39 is 0 Å². The van der Waals surface area contributed by atoms with Gasteiger partial charge in [-0.15, -0.1) is 0 Å². The van der Waals surface area contributed by atoms with Crippen LogP contribution in [0.25, 0.3) is 0 Å². The van der Waals surface area contributed by atoms with Crippen LogP contribution in [0.1, 0.15) is 41.0 Å². The van der Waals surface area contributed by atoms with Crippen LogP contribution < -0.4 is 0 Å². The van der Waals surface area contributed by atoms with Gasteiger partial charge in [0.1, 0.15) is 0 Å². The van der Waals surface area contributed by atoms with Crippen molar-refractivity contribution in [1.29, 1.82) is 0 Å². The first-order valence-electron chi connectivity index (χ1n) is 9.74. The predicted octanol–water partition coefficient (Wildman–Crippen LogP) is 2.40. The molecule has 2 saturated heterocycles. The maximum Gasteiger partial charge on any atom is 0.0829 e. The van der Waals surface area contributed by atoms with Crippen molar-refractivity contribution in [3.05, 3.63) is 0 Å². The number of hydrogen-bond donors (Lipinski definition) is 0. The van der Waals surface area contributed by atoms with E-state index in [2.05, 4.69) is 49.3 Å². The second-order valence-electron chi connectivity index (χ2n) is 8.42. The van der Waals surface area contributed by atoms with Crippen LogP contribution in [0, 0.1) is 11.8 Å². The first-order valence-corrected chi connectivity index (χ1v) is 9.74. The van der Waals surface area contributed by atoms with Gasteiger partial charge in [-0.05, 0) is 32.1 Å². The van der Waals surface area contributed by atoms with Crippen LogP contribution in [0.2, 0.25) is 0 Å². The van der Waals surface area contributed by atoms with Crippen molar-refractivity contribution >= 4 is 0 Å². The first-order chi connectivity index (χ1) is 10.9. The summed E-state index contributed by atoms with van der Waals surface area (Å²) in [5.74, 6) is 1.64. The van der Waals surface area contributed by atoms with E-state index >= 15 is 0 Å². The summed E-state index contributed by atoms with van der Waals surface area (Å²) in [7, 11) is 0. The van der Waals surface area contributed by atoms with E-state index in [-0.39, 0.29) is 0 Å². The zero-order valence-electron chi connectivity index (χ0n) is 16.1. The molecule has 0 aromatic heterocycles. The van der Waals surface area contributed by atoms with Crippen LogP contribution in [0.15, 0.2) is 0 Å². The molecule has 2 atom stereocenters. The minimum atomic E-state index is 0.401. The topological polar surface area (TPSA) is 19.0 Å². The normalized spacial score (nSPS) is 27.0. The highest BCUT2D eigenvalue weighted by Crippen LogP contribution is 2.15. The minimum absolute atomic E-state index is 0.401. The summed E-state index contributed by atoms with van der Waals surface area (Å²) in [6, 6.07) is 0.640. The van der Waals surface area contributed by atoms with Crippen molar-refractivity contribution in [1.82, 2.24) is 14.7 Å². The second kappa shape index (κ2) is 9.36. The molecule has 2 aliphatic heterocycles. The number of nitrogens with zero attached hydrogens (tertiary/aromatic N) is 3. The third-order valence-corrected chi connectivity index (χ3v) is 5.27.